The molecule has 1 aromatic carbocycles. The number of nitro groups is 2. The van der Waals surface area contributed by atoms with E-state index < -0.39 is 39.5 Å². The van der Waals surface area contributed by atoms with E-state index in [-0.39, 0.29) is 5.69 Å². The number of nitrogens with two attached hydrogens (primary N) is 1. The first-order valence-corrected chi connectivity index (χ1v) is 4.39. The molecule has 0 aromatic heterocycles. The van der Waals surface area contributed by atoms with Gasteiger partial charge in [0, 0.05) is 6.07 Å². The van der Waals surface area contributed by atoms with Crippen molar-refractivity contribution in [3.8, 4) is 5.75 Å². The van der Waals surface area contributed by atoms with E-state index in [0.29, 0.717) is 6.07 Å². The zero-order chi connectivity index (χ0) is 13.9. The van der Waals surface area contributed by atoms with E-state index >= 15 is 0 Å². The molecule has 0 bridgehead atoms. The van der Waals surface area contributed by atoms with Crippen LogP contribution in [0.25, 0.3) is 0 Å². The van der Waals surface area contributed by atoms with Crippen molar-refractivity contribution < 1.29 is 24.5 Å². The molecule has 0 aliphatic heterocycles. The highest BCUT2D eigenvalue weighted by molar-refractivity contribution is 5.72. The van der Waals surface area contributed by atoms with Crippen LogP contribution in [0.4, 0.5) is 17.1 Å². The second kappa shape index (κ2) is 4.95. The topological polar surface area (TPSA) is 159 Å². The third-order valence-corrected chi connectivity index (χ3v) is 1.83. The second-order valence-electron chi connectivity index (χ2n) is 3.08. The minimum atomic E-state index is -1.36. The number of nitrogens with zero attached hydrogens (tertiary/aromatic N) is 2. The Morgan fingerprint density at radius 1 is 1.33 bits per heavy atom. The first-order chi connectivity index (χ1) is 8.32. The largest absolute Gasteiger partial charge is 0.479 e. The van der Waals surface area contributed by atoms with Gasteiger partial charge in [0.05, 0.1) is 21.6 Å². The SMILES string of the molecule is Nc1cc([N+](=O)[O-])cc([N+](=O)[O-])c1OCC(=O)O. The van der Waals surface area contributed by atoms with Gasteiger partial charge in [-0.15, -0.1) is 0 Å². The Bertz CT molecular complexity index is 528. The van der Waals surface area contributed by atoms with Gasteiger partial charge in [0.15, 0.2) is 6.61 Å². The highest BCUT2D eigenvalue weighted by Gasteiger charge is 2.24. The molecule has 0 saturated heterocycles. The maximum Gasteiger partial charge on any atom is 0.341 e. The molecule has 0 fully saturated rings. The van der Waals surface area contributed by atoms with Gasteiger partial charge in [-0.1, -0.05) is 0 Å². The van der Waals surface area contributed by atoms with Crippen molar-refractivity contribution in [3.63, 3.8) is 0 Å². The van der Waals surface area contributed by atoms with E-state index in [1.807, 2.05) is 0 Å². The summed E-state index contributed by atoms with van der Waals surface area (Å²) in [5, 5.41) is 29.6. The second-order valence-corrected chi connectivity index (χ2v) is 3.08. The molecule has 0 amide bonds. The smallest absolute Gasteiger partial charge is 0.341 e. The number of ether oxygens (including phenoxy) is 1. The molecule has 0 radical (unpaired) electrons. The molecule has 0 aliphatic rings. The Hall–Kier alpha value is -2.91. The van der Waals surface area contributed by atoms with Crippen LogP contribution in [0.15, 0.2) is 12.1 Å². The standard InChI is InChI=1S/C8H7N3O7/c9-5-1-4(10(14)15)2-6(11(16)17)8(5)18-3-7(12)13/h1-2H,3,9H2,(H,12,13). The first-order valence-electron chi connectivity index (χ1n) is 4.39. The van der Waals surface area contributed by atoms with Gasteiger partial charge in [-0.05, 0) is 0 Å². The summed E-state index contributed by atoms with van der Waals surface area (Å²) in [6.45, 7) is -0.844. The molecule has 0 unspecified atom stereocenters. The van der Waals surface area contributed by atoms with Crippen LogP contribution >= 0.6 is 0 Å². The fourth-order valence-electron chi connectivity index (χ4n) is 1.15. The summed E-state index contributed by atoms with van der Waals surface area (Å²) in [6, 6.07) is 1.50. The Morgan fingerprint density at radius 3 is 2.39 bits per heavy atom. The van der Waals surface area contributed by atoms with Crippen molar-refractivity contribution >= 4 is 23.0 Å². The molecule has 0 saturated carbocycles. The van der Waals surface area contributed by atoms with Crippen LogP contribution in [-0.2, 0) is 4.79 Å². The van der Waals surface area contributed by atoms with Gasteiger partial charge >= 0.3 is 11.7 Å². The Kier molecular flexibility index (Phi) is 3.62. The molecular weight excluding hydrogens is 250 g/mol. The lowest BCUT2D eigenvalue weighted by Crippen LogP contribution is -2.12. The van der Waals surface area contributed by atoms with Crippen molar-refractivity contribution in [3.05, 3.63) is 32.4 Å². The van der Waals surface area contributed by atoms with Crippen molar-refractivity contribution in [1.29, 1.82) is 0 Å². The van der Waals surface area contributed by atoms with Gasteiger partial charge < -0.3 is 15.6 Å². The summed E-state index contributed by atoms with van der Waals surface area (Å²) in [5.41, 5.74) is 3.64. The van der Waals surface area contributed by atoms with Crippen LogP contribution in [0.3, 0.4) is 0 Å². The number of nitro benzene ring substituents is 2. The van der Waals surface area contributed by atoms with E-state index in [0.717, 1.165) is 6.07 Å². The maximum absolute atomic E-state index is 10.7. The number of carbonyl (C=O) groups is 1. The summed E-state index contributed by atoms with van der Waals surface area (Å²) in [7, 11) is 0. The number of hydrogen-bond donors (Lipinski definition) is 2. The van der Waals surface area contributed by atoms with Crippen LogP contribution in [0.1, 0.15) is 0 Å². The molecule has 1 rings (SSSR count). The quantitative estimate of drug-likeness (QED) is 0.439. The van der Waals surface area contributed by atoms with E-state index in [4.69, 9.17) is 10.8 Å². The molecule has 0 spiro atoms. The highest BCUT2D eigenvalue weighted by atomic mass is 16.6. The molecule has 3 N–H and O–H groups in total. The molecule has 0 aliphatic carbocycles. The number of nitrogen functional groups attached to an aromatic ring is 1. The van der Waals surface area contributed by atoms with E-state index in [1.165, 1.54) is 0 Å². The van der Waals surface area contributed by atoms with Crippen molar-refractivity contribution in [2.24, 2.45) is 0 Å². The maximum atomic E-state index is 10.7. The van der Waals surface area contributed by atoms with E-state index in [2.05, 4.69) is 4.74 Å². The summed E-state index contributed by atoms with van der Waals surface area (Å²) >= 11 is 0. The number of non-ortho nitro benzene ring substituents is 1. The predicted molar refractivity (Wildman–Crippen MR) is 57.3 cm³/mol. The van der Waals surface area contributed by atoms with Gasteiger partial charge in [0.2, 0.25) is 5.75 Å². The Balaban J connectivity index is 3.27. The van der Waals surface area contributed by atoms with Gasteiger partial charge in [-0.3, -0.25) is 20.2 Å². The van der Waals surface area contributed by atoms with Crippen LogP contribution in [0.5, 0.6) is 5.75 Å². The predicted octanol–water partition coefficient (Wildman–Crippen LogP) is 0.549. The number of hydrogen-bond acceptors (Lipinski definition) is 7. The third-order valence-electron chi connectivity index (χ3n) is 1.83. The Labute approximate surface area is 98.9 Å². The summed E-state index contributed by atoms with van der Waals surface area (Å²) in [6.07, 6.45) is 0. The lowest BCUT2D eigenvalue weighted by atomic mass is 10.2. The number of benzene rings is 1. The minimum absolute atomic E-state index is 0.378. The fraction of sp³-hybridized carbons (Fsp3) is 0.125. The van der Waals surface area contributed by atoms with Crippen molar-refractivity contribution in [2.45, 2.75) is 0 Å². The zero-order valence-corrected chi connectivity index (χ0v) is 8.73. The average molecular weight is 257 g/mol. The number of carboxylic acid groups (broad SMARTS) is 1. The molecule has 96 valence electrons. The summed E-state index contributed by atoms with van der Waals surface area (Å²) < 4.78 is 4.64. The lowest BCUT2D eigenvalue weighted by Gasteiger charge is -2.06. The van der Waals surface area contributed by atoms with Gasteiger partial charge in [0.25, 0.3) is 5.69 Å². The fourth-order valence-corrected chi connectivity index (χ4v) is 1.15. The first kappa shape index (κ1) is 13.2. The van der Waals surface area contributed by atoms with Gasteiger partial charge in [-0.2, -0.15) is 0 Å². The molecule has 0 atom stereocenters. The molecule has 10 heteroatoms. The molecule has 1 aromatic rings. The molecular formula is C8H7N3O7. The average Bonchev–Trinajstić information content (AvgIpc) is 2.25. The molecule has 18 heavy (non-hydrogen) atoms. The van der Waals surface area contributed by atoms with Gasteiger partial charge in [-0.25, -0.2) is 4.79 Å². The van der Waals surface area contributed by atoms with Crippen LogP contribution in [-0.4, -0.2) is 27.5 Å². The molecule has 10 nitrogen and oxygen atoms in total. The lowest BCUT2D eigenvalue weighted by molar-refractivity contribution is -0.394. The third kappa shape index (κ3) is 2.81. The van der Waals surface area contributed by atoms with Crippen LogP contribution in [0.2, 0.25) is 0 Å². The van der Waals surface area contributed by atoms with E-state index in [1.54, 1.807) is 0 Å². The zero-order valence-electron chi connectivity index (χ0n) is 8.73. The van der Waals surface area contributed by atoms with Crippen LogP contribution < -0.4 is 10.5 Å². The van der Waals surface area contributed by atoms with Crippen molar-refractivity contribution in [1.82, 2.24) is 0 Å². The number of carboxylic acids is 1. The molecule has 0 heterocycles. The normalized spacial score (nSPS) is 9.78. The minimum Gasteiger partial charge on any atom is -0.479 e. The van der Waals surface area contributed by atoms with Crippen molar-refractivity contribution in [2.75, 3.05) is 12.3 Å². The summed E-state index contributed by atoms with van der Waals surface area (Å²) in [5.74, 6) is -1.87. The monoisotopic (exact) mass is 257 g/mol. The number of rotatable bonds is 5. The Morgan fingerprint density at radius 2 is 1.94 bits per heavy atom. The van der Waals surface area contributed by atoms with E-state index in [9.17, 15) is 25.0 Å². The van der Waals surface area contributed by atoms with Gasteiger partial charge in [0.1, 0.15) is 0 Å². The van der Waals surface area contributed by atoms with Crippen LogP contribution in [0, 0.1) is 20.2 Å². The highest BCUT2D eigenvalue weighted by Crippen LogP contribution is 2.37. The number of aliphatic carboxylic acids is 1. The number of anilines is 1. The summed E-state index contributed by atoms with van der Waals surface area (Å²) in [4.78, 5) is 29.7.